The van der Waals surface area contributed by atoms with Crippen LogP contribution in [-0.4, -0.2) is 9.55 Å². The van der Waals surface area contributed by atoms with E-state index in [0.29, 0.717) is 9.79 Å². The van der Waals surface area contributed by atoms with Gasteiger partial charge >= 0.3 is 0 Å². The van der Waals surface area contributed by atoms with Crippen LogP contribution in [0.15, 0.2) is 36.4 Å². The average molecular weight is 289 g/mol. The maximum absolute atomic E-state index is 6.21. The van der Waals surface area contributed by atoms with Crippen LogP contribution in [0, 0.1) is 18.6 Å². The fraction of sp³-hybridized carbons (Fsp3) is 0.133. The highest BCUT2D eigenvalue weighted by Gasteiger charge is 2.10. The zero-order valence-electron chi connectivity index (χ0n) is 10.7. The van der Waals surface area contributed by atoms with Crippen LogP contribution in [0.3, 0.4) is 0 Å². The van der Waals surface area contributed by atoms with E-state index in [1.54, 1.807) is 0 Å². The molecule has 19 heavy (non-hydrogen) atoms. The fourth-order valence-corrected chi connectivity index (χ4v) is 2.81. The molecule has 0 fully saturated rings. The highest BCUT2D eigenvalue weighted by Crippen LogP contribution is 2.27. The molecule has 0 aliphatic carbocycles. The summed E-state index contributed by atoms with van der Waals surface area (Å²) in [6.07, 6.45) is 0. The minimum Gasteiger partial charge on any atom is -0.329 e. The number of aromatic nitrogens is 2. The molecule has 1 aromatic heterocycles. The molecular formula is C15H13ClN2S. The van der Waals surface area contributed by atoms with Crippen molar-refractivity contribution in [1.82, 2.24) is 9.55 Å². The van der Waals surface area contributed by atoms with Gasteiger partial charge in [0.15, 0.2) is 4.77 Å². The summed E-state index contributed by atoms with van der Waals surface area (Å²) in [5, 5.41) is 0.688. The van der Waals surface area contributed by atoms with Gasteiger partial charge in [0.1, 0.15) is 0 Å². The molecule has 2 nitrogen and oxygen atoms in total. The van der Waals surface area contributed by atoms with Crippen LogP contribution in [0.4, 0.5) is 0 Å². The Kier molecular flexibility index (Phi) is 2.96. The third-order valence-corrected chi connectivity index (χ3v) is 3.87. The van der Waals surface area contributed by atoms with Gasteiger partial charge < -0.3 is 4.98 Å². The molecule has 0 radical (unpaired) electrons. The molecule has 3 aromatic rings. The number of nitrogens with zero attached hydrogens (tertiary/aromatic N) is 1. The first-order valence-electron chi connectivity index (χ1n) is 6.05. The smallest absolute Gasteiger partial charge is 0.182 e. The molecule has 1 heterocycles. The highest BCUT2D eigenvalue weighted by molar-refractivity contribution is 7.71. The largest absolute Gasteiger partial charge is 0.329 e. The van der Waals surface area contributed by atoms with E-state index in [4.69, 9.17) is 23.8 Å². The standard InChI is InChI=1S/C15H13ClN2S/c1-9-6-7-10(2)13(8-9)18-12-5-3-4-11(16)14(12)17-15(18)19/h3-8H,1-2H3,(H,17,19). The number of hydrogen-bond acceptors (Lipinski definition) is 1. The van der Waals surface area contributed by atoms with Crippen molar-refractivity contribution in [3.05, 3.63) is 57.3 Å². The third-order valence-electron chi connectivity index (χ3n) is 3.27. The monoisotopic (exact) mass is 288 g/mol. The van der Waals surface area contributed by atoms with Crippen molar-refractivity contribution in [2.45, 2.75) is 13.8 Å². The first kappa shape index (κ1) is 12.5. The van der Waals surface area contributed by atoms with Gasteiger partial charge in [-0.3, -0.25) is 4.57 Å². The lowest BCUT2D eigenvalue weighted by Crippen LogP contribution is -1.97. The van der Waals surface area contributed by atoms with Crippen LogP contribution < -0.4 is 0 Å². The van der Waals surface area contributed by atoms with Crippen LogP contribution in [0.1, 0.15) is 11.1 Å². The zero-order chi connectivity index (χ0) is 13.6. The molecule has 96 valence electrons. The second kappa shape index (κ2) is 4.51. The van der Waals surface area contributed by atoms with Crippen molar-refractivity contribution < 1.29 is 0 Å². The molecule has 4 heteroatoms. The Hall–Kier alpha value is -1.58. The van der Waals surface area contributed by atoms with Crippen molar-refractivity contribution in [3.63, 3.8) is 0 Å². The van der Waals surface area contributed by atoms with Crippen LogP contribution in [0.5, 0.6) is 0 Å². The van der Waals surface area contributed by atoms with E-state index in [0.717, 1.165) is 16.7 Å². The third kappa shape index (κ3) is 1.99. The Labute approximate surface area is 121 Å². The summed E-state index contributed by atoms with van der Waals surface area (Å²) in [4.78, 5) is 3.19. The summed E-state index contributed by atoms with van der Waals surface area (Å²) in [5.74, 6) is 0. The first-order chi connectivity index (χ1) is 9.08. The van der Waals surface area contributed by atoms with Crippen molar-refractivity contribution in [2.24, 2.45) is 0 Å². The van der Waals surface area contributed by atoms with Crippen molar-refractivity contribution in [1.29, 1.82) is 0 Å². The lowest BCUT2D eigenvalue weighted by molar-refractivity contribution is 1.04. The minimum absolute atomic E-state index is 0.664. The number of halogens is 1. The lowest BCUT2D eigenvalue weighted by atomic mass is 10.1. The van der Waals surface area contributed by atoms with E-state index in [1.807, 2.05) is 22.8 Å². The van der Waals surface area contributed by atoms with E-state index in [-0.39, 0.29) is 0 Å². The number of fused-ring (bicyclic) bond motifs is 1. The average Bonchev–Trinajstić information content (AvgIpc) is 2.70. The molecule has 0 atom stereocenters. The minimum atomic E-state index is 0.664. The molecule has 3 rings (SSSR count). The summed E-state index contributed by atoms with van der Waals surface area (Å²) in [6, 6.07) is 12.2. The van der Waals surface area contributed by atoms with E-state index >= 15 is 0 Å². The van der Waals surface area contributed by atoms with Crippen molar-refractivity contribution in [2.75, 3.05) is 0 Å². The summed E-state index contributed by atoms with van der Waals surface area (Å²) in [7, 11) is 0. The van der Waals surface area contributed by atoms with Gasteiger partial charge in [-0.25, -0.2) is 0 Å². The van der Waals surface area contributed by atoms with Crippen LogP contribution in [0.2, 0.25) is 5.02 Å². The maximum atomic E-state index is 6.21. The Morgan fingerprint density at radius 1 is 1.16 bits per heavy atom. The number of benzene rings is 2. The van der Waals surface area contributed by atoms with Gasteiger partial charge in [0.05, 0.1) is 21.7 Å². The quantitative estimate of drug-likeness (QED) is 0.628. The molecular weight excluding hydrogens is 276 g/mol. The molecule has 2 aromatic carbocycles. The number of nitrogens with one attached hydrogen (secondary N) is 1. The maximum Gasteiger partial charge on any atom is 0.182 e. The summed E-state index contributed by atoms with van der Waals surface area (Å²) in [6.45, 7) is 4.16. The van der Waals surface area contributed by atoms with E-state index < -0.39 is 0 Å². The number of hydrogen-bond donors (Lipinski definition) is 1. The van der Waals surface area contributed by atoms with Gasteiger partial charge in [-0.1, -0.05) is 29.8 Å². The lowest BCUT2D eigenvalue weighted by Gasteiger charge is -2.09. The SMILES string of the molecule is Cc1ccc(C)c(-n2c(=S)[nH]c3c(Cl)cccc32)c1. The number of aryl methyl sites for hydroxylation is 2. The molecule has 0 aliphatic rings. The summed E-state index contributed by atoms with van der Waals surface area (Å²) >= 11 is 11.7. The molecule has 0 aliphatic heterocycles. The van der Waals surface area contributed by atoms with Gasteiger partial charge in [-0.05, 0) is 55.4 Å². The number of para-hydroxylation sites is 1. The van der Waals surface area contributed by atoms with Crippen LogP contribution in [0.25, 0.3) is 16.7 Å². The molecule has 0 saturated carbocycles. The Morgan fingerprint density at radius 2 is 1.95 bits per heavy atom. The second-order valence-corrected chi connectivity index (χ2v) is 5.48. The first-order valence-corrected chi connectivity index (χ1v) is 6.83. The number of imidazole rings is 1. The van der Waals surface area contributed by atoms with Crippen LogP contribution in [-0.2, 0) is 0 Å². The van der Waals surface area contributed by atoms with Gasteiger partial charge in [-0.2, -0.15) is 0 Å². The number of rotatable bonds is 1. The topological polar surface area (TPSA) is 20.7 Å². The molecule has 0 bridgehead atoms. The molecule has 0 saturated heterocycles. The Bertz CT molecular complexity index is 830. The van der Waals surface area contributed by atoms with E-state index in [9.17, 15) is 0 Å². The summed E-state index contributed by atoms with van der Waals surface area (Å²) in [5.41, 5.74) is 5.38. The van der Waals surface area contributed by atoms with Crippen LogP contribution >= 0.6 is 23.8 Å². The predicted octanol–water partition coefficient (Wildman–Crippen LogP) is 4.96. The Morgan fingerprint density at radius 3 is 2.74 bits per heavy atom. The van der Waals surface area contributed by atoms with Gasteiger partial charge in [-0.15, -0.1) is 0 Å². The molecule has 1 N–H and O–H groups in total. The normalized spacial score (nSPS) is 11.1. The van der Waals surface area contributed by atoms with Gasteiger partial charge in [0.25, 0.3) is 0 Å². The molecule has 0 amide bonds. The second-order valence-electron chi connectivity index (χ2n) is 4.69. The zero-order valence-corrected chi connectivity index (χ0v) is 12.3. The van der Waals surface area contributed by atoms with Gasteiger partial charge in [0, 0.05) is 0 Å². The van der Waals surface area contributed by atoms with Gasteiger partial charge in [0.2, 0.25) is 0 Å². The number of H-pyrrole nitrogens is 1. The Balaban J connectivity index is 2.43. The van der Waals surface area contributed by atoms with E-state index in [2.05, 4.69) is 37.0 Å². The summed E-state index contributed by atoms with van der Waals surface area (Å²) < 4.78 is 2.70. The fourth-order valence-electron chi connectivity index (χ4n) is 2.29. The van der Waals surface area contributed by atoms with E-state index in [1.165, 1.54) is 11.1 Å². The predicted molar refractivity (Wildman–Crippen MR) is 82.9 cm³/mol. The van der Waals surface area contributed by atoms with Crippen molar-refractivity contribution in [3.8, 4) is 5.69 Å². The highest BCUT2D eigenvalue weighted by atomic mass is 35.5. The number of aromatic amines is 1. The molecule has 0 unspecified atom stereocenters. The van der Waals surface area contributed by atoms with Crippen molar-refractivity contribution >= 4 is 34.9 Å². The molecule has 0 spiro atoms.